The topological polar surface area (TPSA) is 41.1 Å². The standard InChI is InChI=1S/C12H13F3N2O/c13-12(14,15)7-17-11(18)9-5-1-3-8-4-2-6-16-10(8)9/h1,3,5,16H,2,4,6-7H2,(H,17,18). The predicted octanol–water partition coefficient (Wildman–Crippen LogP) is 2.34. The summed E-state index contributed by atoms with van der Waals surface area (Å²) >= 11 is 0. The molecule has 0 saturated carbocycles. The maximum Gasteiger partial charge on any atom is 0.405 e. The van der Waals surface area contributed by atoms with Crippen molar-refractivity contribution in [2.24, 2.45) is 0 Å². The minimum Gasteiger partial charge on any atom is -0.384 e. The monoisotopic (exact) mass is 258 g/mol. The number of fused-ring (bicyclic) bond motifs is 1. The fourth-order valence-electron chi connectivity index (χ4n) is 1.97. The van der Waals surface area contributed by atoms with Gasteiger partial charge >= 0.3 is 6.18 Å². The molecule has 0 aromatic heterocycles. The molecule has 0 atom stereocenters. The molecule has 0 spiro atoms. The Hall–Kier alpha value is -1.72. The van der Waals surface area contributed by atoms with E-state index in [1.807, 2.05) is 11.4 Å². The molecule has 1 aliphatic rings. The van der Waals surface area contributed by atoms with Crippen molar-refractivity contribution in [3.63, 3.8) is 0 Å². The van der Waals surface area contributed by atoms with E-state index in [9.17, 15) is 18.0 Å². The zero-order valence-corrected chi connectivity index (χ0v) is 9.60. The Morgan fingerprint density at radius 1 is 1.39 bits per heavy atom. The minimum atomic E-state index is -4.39. The SMILES string of the molecule is O=C(NCC(F)(F)F)c1cccc2c1NCCC2. The summed E-state index contributed by atoms with van der Waals surface area (Å²) in [5, 5.41) is 4.95. The highest BCUT2D eigenvalue weighted by molar-refractivity contribution is 6.00. The van der Waals surface area contributed by atoms with Gasteiger partial charge in [-0.05, 0) is 24.5 Å². The number of carbonyl (C=O) groups excluding carboxylic acids is 1. The first-order valence-electron chi connectivity index (χ1n) is 5.68. The van der Waals surface area contributed by atoms with E-state index in [2.05, 4.69) is 5.32 Å². The normalized spacial score (nSPS) is 14.6. The lowest BCUT2D eigenvalue weighted by atomic mass is 9.99. The second kappa shape index (κ2) is 4.88. The second-order valence-corrected chi connectivity index (χ2v) is 4.17. The molecule has 0 unspecified atom stereocenters. The molecule has 0 saturated heterocycles. The maximum atomic E-state index is 12.0. The lowest BCUT2D eigenvalue weighted by molar-refractivity contribution is -0.123. The molecule has 98 valence electrons. The van der Waals surface area contributed by atoms with E-state index in [0.717, 1.165) is 24.9 Å². The molecule has 1 aromatic carbocycles. The zero-order valence-electron chi connectivity index (χ0n) is 9.60. The number of hydrogen-bond donors (Lipinski definition) is 2. The number of anilines is 1. The summed E-state index contributed by atoms with van der Waals surface area (Å²) < 4.78 is 36.1. The average molecular weight is 258 g/mol. The van der Waals surface area contributed by atoms with Crippen molar-refractivity contribution in [2.75, 3.05) is 18.4 Å². The maximum absolute atomic E-state index is 12.0. The van der Waals surface area contributed by atoms with Gasteiger partial charge in [0.25, 0.3) is 5.91 Å². The number of rotatable bonds is 2. The Bertz CT molecular complexity index is 457. The Morgan fingerprint density at radius 2 is 2.17 bits per heavy atom. The van der Waals surface area contributed by atoms with Crippen LogP contribution in [0.2, 0.25) is 0 Å². The molecule has 0 bridgehead atoms. The van der Waals surface area contributed by atoms with Crippen molar-refractivity contribution < 1.29 is 18.0 Å². The van der Waals surface area contributed by atoms with Gasteiger partial charge in [-0.3, -0.25) is 4.79 Å². The van der Waals surface area contributed by atoms with Crippen LogP contribution in [0.25, 0.3) is 0 Å². The van der Waals surface area contributed by atoms with E-state index >= 15 is 0 Å². The third-order valence-electron chi connectivity index (χ3n) is 2.77. The number of nitrogens with one attached hydrogen (secondary N) is 2. The summed E-state index contributed by atoms with van der Waals surface area (Å²) in [4.78, 5) is 11.7. The van der Waals surface area contributed by atoms with Crippen molar-refractivity contribution in [1.29, 1.82) is 0 Å². The third kappa shape index (κ3) is 2.94. The summed E-state index contributed by atoms with van der Waals surface area (Å²) in [5.41, 5.74) is 1.90. The number of alkyl halides is 3. The molecule has 0 aliphatic carbocycles. The van der Waals surface area contributed by atoms with Crippen LogP contribution in [0.4, 0.5) is 18.9 Å². The van der Waals surface area contributed by atoms with Gasteiger partial charge in [-0.15, -0.1) is 0 Å². The van der Waals surface area contributed by atoms with Crippen LogP contribution in [0.3, 0.4) is 0 Å². The van der Waals surface area contributed by atoms with E-state index in [-0.39, 0.29) is 5.56 Å². The second-order valence-electron chi connectivity index (χ2n) is 4.17. The average Bonchev–Trinajstić information content (AvgIpc) is 2.34. The van der Waals surface area contributed by atoms with Crippen molar-refractivity contribution in [2.45, 2.75) is 19.0 Å². The number of hydrogen-bond acceptors (Lipinski definition) is 2. The Morgan fingerprint density at radius 3 is 2.89 bits per heavy atom. The lowest BCUT2D eigenvalue weighted by Crippen LogP contribution is -2.34. The Balaban J connectivity index is 2.15. The van der Waals surface area contributed by atoms with Crippen molar-refractivity contribution in [3.8, 4) is 0 Å². The highest BCUT2D eigenvalue weighted by atomic mass is 19.4. The summed E-state index contributed by atoms with van der Waals surface area (Å²) in [6.07, 6.45) is -2.60. The number of aryl methyl sites for hydroxylation is 1. The van der Waals surface area contributed by atoms with Crippen molar-refractivity contribution in [3.05, 3.63) is 29.3 Å². The van der Waals surface area contributed by atoms with Gasteiger partial charge in [0.2, 0.25) is 0 Å². The van der Waals surface area contributed by atoms with Crippen LogP contribution in [0.1, 0.15) is 22.3 Å². The number of carbonyl (C=O) groups is 1. The molecule has 3 nitrogen and oxygen atoms in total. The first kappa shape index (κ1) is 12.7. The molecule has 1 aliphatic heterocycles. The van der Waals surface area contributed by atoms with E-state index < -0.39 is 18.6 Å². The van der Waals surface area contributed by atoms with Gasteiger partial charge < -0.3 is 10.6 Å². The predicted molar refractivity (Wildman–Crippen MR) is 61.6 cm³/mol. The summed E-state index contributed by atoms with van der Waals surface area (Å²) in [7, 11) is 0. The van der Waals surface area contributed by atoms with E-state index in [0.29, 0.717) is 5.69 Å². The van der Waals surface area contributed by atoms with Gasteiger partial charge in [-0.1, -0.05) is 12.1 Å². The highest BCUT2D eigenvalue weighted by Crippen LogP contribution is 2.26. The zero-order chi connectivity index (χ0) is 13.2. The molecule has 18 heavy (non-hydrogen) atoms. The first-order valence-corrected chi connectivity index (χ1v) is 5.68. The molecule has 2 N–H and O–H groups in total. The number of para-hydroxylation sites is 1. The van der Waals surface area contributed by atoms with Crippen LogP contribution >= 0.6 is 0 Å². The molecule has 1 amide bonds. The third-order valence-corrected chi connectivity index (χ3v) is 2.77. The van der Waals surface area contributed by atoms with Crippen LogP contribution in [0.5, 0.6) is 0 Å². The largest absolute Gasteiger partial charge is 0.405 e. The van der Waals surface area contributed by atoms with Crippen LogP contribution in [-0.4, -0.2) is 25.2 Å². The van der Waals surface area contributed by atoms with Crippen LogP contribution in [0, 0.1) is 0 Å². The Labute approximate surface area is 102 Å². The minimum absolute atomic E-state index is 0.274. The molecule has 6 heteroatoms. The molecule has 0 radical (unpaired) electrons. The quantitative estimate of drug-likeness (QED) is 0.854. The fraction of sp³-hybridized carbons (Fsp3) is 0.417. The first-order chi connectivity index (χ1) is 8.47. The van der Waals surface area contributed by atoms with Gasteiger partial charge in [0.1, 0.15) is 6.54 Å². The van der Waals surface area contributed by atoms with Gasteiger partial charge in [0, 0.05) is 6.54 Å². The van der Waals surface area contributed by atoms with Crippen LogP contribution in [0.15, 0.2) is 18.2 Å². The number of halogens is 3. The summed E-state index contributed by atoms with van der Waals surface area (Å²) in [6, 6.07) is 5.10. The molecular formula is C12H13F3N2O. The Kier molecular flexibility index (Phi) is 3.45. The van der Waals surface area contributed by atoms with Crippen LogP contribution in [-0.2, 0) is 6.42 Å². The van der Waals surface area contributed by atoms with Gasteiger partial charge in [-0.2, -0.15) is 13.2 Å². The smallest absolute Gasteiger partial charge is 0.384 e. The van der Waals surface area contributed by atoms with Gasteiger partial charge in [0.15, 0.2) is 0 Å². The van der Waals surface area contributed by atoms with E-state index in [1.54, 1.807) is 6.07 Å². The molecule has 1 aromatic rings. The summed E-state index contributed by atoms with van der Waals surface area (Å²) in [5.74, 6) is -0.696. The van der Waals surface area contributed by atoms with E-state index in [4.69, 9.17) is 0 Å². The molecule has 2 rings (SSSR count). The molecule has 0 fully saturated rings. The molecular weight excluding hydrogens is 245 g/mol. The van der Waals surface area contributed by atoms with Gasteiger partial charge in [-0.25, -0.2) is 0 Å². The number of amides is 1. The fourth-order valence-corrected chi connectivity index (χ4v) is 1.97. The lowest BCUT2D eigenvalue weighted by Gasteiger charge is -2.20. The number of benzene rings is 1. The van der Waals surface area contributed by atoms with Crippen molar-refractivity contribution >= 4 is 11.6 Å². The molecule has 1 heterocycles. The van der Waals surface area contributed by atoms with Gasteiger partial charge in [0.05, 0.1) is 11.3 Å². The summed E-state index contributed by atoms with van der Waals surface area (Å²) in [6.45, 7) is -0.577. The van der Waals surface area contributed by atoms with Crippen molar-refractivity contribution in [1.82, 2.24) is 5.32 Å². The highest BCUT2D eigenvalue weighted by Gasteiger charge is 2.28. The van der Waals surface area contributed by atoms with Crippen LogP contribution < -0.4 is 10.6 Å². The van der Waals surface area contributed by atoms with E-state index in [1.165, 1.54) is 6.07 Å².